The summed E-state index contributed by atoms with van der Waals surface area (Å²) in [7, 11) is -3.31. The van der Waals surface area contributed by atoms with Gasteiger partial charge in [0.2, 0.25) is 10.0 Å². The Hall–Kier alpha value is -1.11. The maximum Gasteiger partial charge on any atom is 0.225 e. The van der Waals surface area contributed by atoms with Gasteiger partial charge in [-0.25, -0.2) is 18.1 Å². The third kappa shape index (κ3) is 3.22. The molecule has 5 nitrogen and oxygen atoms in total. The van der Waals surface area contributed by atoms with Crippen LogP contribution in [0, 0.1) is 0 Å². The molecule has 1 aromatic heterocycles. The molecule has 2 aromatic rings. The van der Waals surface area contributed by atoms with Crippen LogP contribution in [0.5, 0.6) is 0 Å². The number of imidazole rings is 1. The fourth-order valence-corrected chi connectivity index (χ4v) is 2.47. The molecule has 0 aliphatic carbocycles. The molecule has 0 bridgehead atoms. The van der Waals surface area contributed by atoms with Gasteiger partial charge >= 0.3 is 0 Å². The lowest BCUT2D eigenvalue weighted by Crippen LogP contribution is -2.26. The number of hydrogen-bond donors (Lipinski definition) is 1. The molecule has 7 heteroatoms. The zero-order valence-electron chi connectivity index (χ0n) is 9.71. The van der Waals surface area contributed by atoms with Crippen LogP contribution < -0.4 is 4.72 Å². The number of para-hydroxylation sites is 2. The van der Waals surface area contributed by atoms with Gasteiger partial charge in [-0.15, -0.1) is 11.6 Å². The number of benzene rings is 1. The Morgan fingerprint density at radius 2 is 2.11 bits per heavy atom. The van der Waals surface area contributed by atoms with E-state index in [2.05, 4.69) is 9.71 Å². The number of sulfonamides is 1. The average Bonchev–Trinajstić information content (AvgIpc) is 2.78. The van der Waals surface area contributed by atoms with Gasteiger partial charge in [-0.1, -0.05) is 12.1 Å². The van der Waals surface area contributed by atoms with Crippen LogP contribution in [0.1, 0.15) is 6.42 Å². The van der Waals surface area contributed by atoms with Gasteiger partial charge in [-0.3, -0.25) is 0 Å². The van der Waals surface area contributed by atoms with Crippen LogP contribution in [0.4, 0.5) is 0 Å². The summed E-state index contributed by atoms with van der Waals surface area (Å²) in [6, 6.07) is 7.83. The van der Waals surface area contributed by atoms with Crippen LogP contribution in [0.15, 0.2) is 30.6 Å². The number of alkyl halides is 1. The molecule has 0 fully saturated rings. The van der Waals surface area contributed by atoms with E-state index >= 15 is 0 Å². The molecule has 0 amide bonds. The summed E-state index contributed by atoms with van der Waals surface area (Å²) < 4.78 is 26.7. The number of aromatic nitrogens is 2. The standard InChI is InChI=1S/C11H14ClN3O2S/c12-8-18(16,17)14-6-3-7-15-9-13-10-4-1-2-5-11(10)15/h1-2,4-5,9,14H,3,6-8H2. The summed E-state index contributed by atoms with van der Waals surface area (Å²) in [5.74, 6) is 0. The molecule has 1 heterocycles. The van der Waals surface area contributed by atoms with Crippen molar-refractivity contribution in [2.24, 2.45) is 0 Å². The Kier molecular flexibility index (Phi) is 4.21. The minimum absolute atomic E-state index is 0.377. The number of halogens is 1. The van der Waals surface area contributed by atoms with Crippen molar-refractivity contribution in [3.63, 3.8) is 0 Å². The Bertz CT molecular complexity index is 624. The lowest BCUT2D eigenvalue weighted by atomic mass is 10.3. The van der Waals surface area contributed by atoms with Gasteiger partial charge < -0.3 is 4.57 Å². The first-order chi connectivity index (χ1) is 8.62. The Balaban J connectivity index is 1.91. The normalized spacial score (nSPS) is 12.1. The zero-order chi connectivity index (χ0) is 13.0. The van der Waals surface area contributed by atoms with Gasteiger partial charge in [-0.2, -0.15) is 0 Å². The van der Waals surface area contributed by atoms with E-state index in [4.69, 9.17) is 11.6 Å². The molecule has 1 N–H and O–H groups in total. The summed E-state index contributed by atoms with van der Waals surface area (Å²) in [4.78, 5) is 4.27. The van der Waals surface area contributed by atoms with Crippen molar-refractivity contribution in [1.29, 1.82) is 0 Å². The van der Waals surface area contributed by atoms with E-state index in [0.29, 0.717) is 19.5 Å². The van der Waals surface area contributed by atoms with Crippen LogP contribution in [0.2, 0.25) is 0 Å². The van der Waals surface area contributed by atoms with Gasteiger partial charge in [-0.05, 0) is 18.6 Å². The van der Waals surface area contributed by atoms with Gasteiger partial charge in [0.15, 0.2) is 0 Å². The number of fused-ring (bicyclic) bond motifs is 1. The number of nitrogens with zero attached hydrogens (tertiary/aromatic N) is 2. The number of rotatable bonds is 6. The van der Waals surface area contributed by atoms with Crippen molar-refractivity contribution < 1.29 is 8.42 Å². The van der Waals surface area contributed by atoms with Crippen molar-refractivity contribution in [1.82, 2.24) is 14.3 Å². The molecule has 2 rings (SSSR count). The quantitative estimate of drug-likeness (QED) is 0.647. The third-order valence-electron chi connectivity index (χ3n) is 2.57. The molecular formula is C11H14ClN3O2S. The molecule has 0 aliphatic heterocycles. The van der Waals surface area contributed by atoms with Crippen molar-refractivity contribution in [3.8, 4) is 0 Å². The number of hydrogen-bond acceptors (Lipinski definition) is 3. The topological polar surface area (TPSA) is 64.0 Å². The molecule has 0 saturated carbocycles. The van der Waals surface area contributed by atoms with Crippen molar-refractivity contribution >= 4 is 32.7 Å². The van der Waals surface area contributed by atoms with Crippen molar-refractivity contribution in [2.75, 3.05) is 11.8 Å². The molecule has 18 heavy (non-hydrogen) atoms. The van der Waals surface area contributed by atoms with E-state index in [9.17, 15) is 8.42 Å². The Labute approximate surface area is 111 Å². The lowest BCUT2D eigenvalue weighted by molar-refractivity contribution is 0.576. The van der Waals surface area contributed by atoms with Crippen LogP contribution >= 0.6 is 11.6 Å². The molecule has 0 radical (unpaired) electrons. The summed E-state index contributed by atoms with van der Waals surface area (Å²) >= 11 is 5.28. The highest BCUT2D eigenvalue weighted by molar-refractivity contribution is 7.90. The SMILES string of the molecule is O=S(=O)(CCl)NCCCn1cnc2ccccc21. The molecule has 98 valence electrons. The lowest BCUT2D eigenvalue weighted by Gasteiger charge is -2.05. The minimum Gasteiger partial charge on any atom is -0.331 e. The maximum absolute atomic E-state index is 11.1. The first-order valence-electron chi connectivity index (χ1n) is 5.55. The molecular weight excluding hydrogens is 274 g/mol. The first-order valence-corrected chi connectivity index (χ1v) is 7.74. The second-order valence-electron chi connectivity index (χ2n) is 3.90. The third-order valence-corrected chi connectivity index (χ3v) is 4.36. The fraction of sp³-hybridized carbons (Fsp3) is 0.364. The van der Waals surface area contributed by atoms with Gasteiger partial charge in [0.05, 0.1) is 17.4 Å². The molecule has 0 unspecified atom stereocenters. The first kappa shape index (κ1) is 13.3. The highest BCUT2D eigenvalue weighted by atomic mass is 35.5. The summed E-state index contributed by atoms with van der Waals surface area (Å²) in [5.41, 5.74) is 2.00. The predicted octanol–water partition coefficient (Wildman–Crippen LogP) is 1.54. The highest BCUT2D eigenvalue weighted by Crippen LogP contribution is 2.11. The summed E-state index contributed by atoms with van der Waals surface area (Å²) in [6.07, 6.45) is 2.46. The van der Waals surface area contributed by atoms with Crippen LogP contribution in [-0.2, 0) is 16.6 Å². The summed E-state index contributed by atoms with van der Waals surface area (Å²) in [6.45, 7) is 1.09. The van der Waals surface area contributed by atoms with E-state index in [1.165, 1.54) is 0 Å². The van der Waals surface area contributed by atoms with E-state index in [0.717, 1.165) is 11.0 Å². The van der Waals surface area contributed by atoms with Gasteiger partial charge in [0, 0.05) is 13.1 Å². The number of nitrogens with one attached hydrogen (secondary N) is 1. The summed E-state index contributed by atoms with van der Waals surface area (Å²) in [5, 5.41) is -0.402. The van der Waals surface area contributed by atoms with Gasteiger partial charge in [0.1, 0.15) is 5.21 Å². The van der Waals surface area contributed by atoms with Crippen LogP contribution in [0.3, 0.4) is 0 Å². The van der Waals surface area contributed by atoms with E-state index < -0.39 is 15.2 Å². The maximum atomic E-state index is 11.1. The smallest absolute Gasteiger partial charge is 0.225 e. The Morgan fingerprint density at radius 3 is 2.89 bits per heavy atom. The fourth-order valence-electron chi connectivity index (χ4n) is 1.70. The van der Waals surface area contributed by atoms with Crippen molar-refractivity contribution in [3.05, 3.63) is 30.6 Å². The second kappa shape index (κ2) is 5.69. The van der Waals surface area contributed by atoms with Crippen LogP contribution in [-0.4, -0.2) is 29.7 Å². The highest BCUT2D eigenvalue weighted by Gasteiger charge is 2.06. The monoisotopic (exact) mass is 287 g/mol. The molecule has 0 atom stereocenters. The molecule has 0 aliphatic rings. The van der Waals surface area contributed by atoms with Gasteiger partial charge in [0.25, 0.3) is 0 Å². The minimum atomic E-state index is -3.31. The van der Waals surface area contributed by atoms with E-state index in [1.807, 2.05) is 28.8 Å². The zero-order valence-corrected chi connectivity index (χ0v) is 11.3. The number of aryl methyl sites for hydroxylation is 1. The Morgan fingerprint density at radius 1 is 1.33 bits per heavy atom. The largest absolute Gasteiger partial charge is 0.331 e. The van der Waals surface area contributed by atoms with Crippen molar-refractivity contribution in [2.45, 2.75) is 13.0 Å². The second-order valence-corrected chi connectivity index (χ2v) is 6.29. The molecule has 0 spiro atoms. The van der Waals surface area contributed by atoms with E-state index in [1.54, 1.807) is 6.33 Å². The van der Waals surface area contributed by atoms with E-state index in [-0.39, 0.29) is 0 Å². The predicted molar refractivity (Wildman–Crippen MR) is 72.0 cm³/mol. The average molecular weight is 288 g/mol. The van der Waals surface area contributed by atoms with Crippen LogP contribution in [0.25, 0.3) is 11.0 Å². The molecule has 1 aromatic carbocycles. The molecule has 0 saturated heterocycles.